The molecule has 0 aromatic rings. The summed E-state index contributed by atoms with van der Waals surface area (Å²) in [5.74, 6) is 5.10. The first-order valence-corrected chi connectivity index (χ1v) is 20.2. The Morgan fingerprint density at radius 3 is 2.47 bits per heavy atom. The van der Waals surface area contributed by atoms with Crippen molar-refractivity contribution in [3.63, 3.8) is 0 Å². The lowest BCUT2D eigenvalue weighted by Gasteiger charge is -2.58. The van der Waals surface area contributed by atoms with Gasteiger partial charge in [-0.3, -0.25) is 9.05 Å². The topological polar surface area (TPSA) is 94.1 Å². The number of carbonyl (C=O) groups is 1. The van der Waals surface area contributed by atoms with Gasteiger partial charge in [0, 0.05) is 13.0 Å². The summed E-state index contributed by atoms with van der Waals surface area (Å²) in [4.78, 5) is 22.5. The number of likely N-dealkylation sites (N-methyl/N-ethyl adjacent to an activating group) is 1. The number of alkyl carbamates (subject to hydrolysis) is 1. The highest BCUT2D eigenvalue weighted by molar-refractivity contribution is 7.47. The van der Waals surface area contributed by atoms with Gasteiger partial charge in [0.25, 0.3) is 0 Å². The van der Waals surface area contributed by atoms with Gasteiger partial charge in [-0.25, -0.2) is 9.36 Å². The summed E-state index contributed by atoms with van der Waals surface area (Å²) in [6.07, 6.45) is 18.1. The highest BCUT2D eigenvalue weighted by atomic mass is 31.2. The fourth-order valence-electron chi connectivity index (χ4n) is 10.0. The molecule has 3 saturated carbocycles. The lowest BCUT2D eigenvalue weighted by atomic mass is 9.47. The van der Waals surface area contributed by atoms with Gasteiger partial charge in [0.05, 0.1) is 27.7 Å². The van der Waals surface area contributed by atoms with E-state index in [0.717, 1.165) is 42.9 Å². The molecule has 10 atom stereocenters. The zero-order chi connectivity index (χ0) is 34.6. The number of ether oxygens (including phenoxy) is 1. The molecule has 270 valence electrons. The van der Waals surface area contributed by atoms with Crippen molar-refractivity contribution in [2.75, 3.05) is 47.4 Å². The van der Waals surface area contributed by atoms with Gasteiger partial charge in [-0.2, -0.15) is 0 Å². The Labute approximate surface area is 286 Å². The van der Waals surface area contributed by atoms with Gasteiger partial charge in [0.2, 0.25) is 0 Å². The number of allylic oxidation sites excluding steroid dienone is 3. The number of phosphoric ester groups is 1. The molecule has 3 fully saturated rings. The first-order chi connectivity index (χ1) is 22.0. The van der Waals surface area contributed by atoms with Crippen molar-refractivity contribution < 1.29 is 32.5 Å². The Bertz CT molecular complexity index is 1170. The number of fused-ring (bicyclic) bond motifs is 5. The van der Waals surface area contributed by atoms with Crippen molar-refractivity contribution in [1.82, 2.24) is 5.32 Å². The Balaban J connectivity index is 1.24. The number of phosphoric acid groups is 1. The molecule has 0 bridgehead atoms. The molecule has 0 aromatic carbocycles. The molecule has 4 aliphatic carbocycles. The van der Waals surface area contributed by atoms with Crippen LogP contribution in [0.25, 0.3) is 0 Å². The summed E-state index contributed by atoms with van der Waals surface area (Å²) >= 11 is 0. The Kier molecular flexibility index (Phi) is 13.0. The van der Waals surface area contributed by atoms with Gasteiger partial charge in [-0.15, -0.1) is 0 Å². The van der Waals surface area contributed by atoms with E-state index in [2.05, 4.69) is 65.1 Å². The standard InChI is InChI=1S/C38H67N2O6P/c1-10-29(27(2)3)13-12-28(4)33-16-17-34-32-15-14-30-26-31(18-20-37(30,5)35(32)19-21-38(33,34)6)46-36(41)39-22-11-24-44-47(42,43)45-25-23-40(7,8)9/h12-14,27-29,31-35H,10-11,15-26H2,1-9H3,(H-,39,41,42,43)/p+1/t28-,29-,31+,32?,33-,34?,35?,37+,38-/m1/s1. The van der Waals surface area contributed by atoms with Crippen LogP contribution in [0.15, 0.2) is 23.8 Å². The normalized spacial score (nSPS) is 35.0. The summed E-state index contributed by atoms with van der Waals surface area (Å²) in [5, 5.41) is 2.79. The maximum absolute atomic E-state index is 12.6. The van der Waals surface area contributed by atoms with Gasteiger partial charge in [0.1, 0.15) is 19.3 Å². The number of amides is 1. The number of hydrogen-bond donors (Lipinski definition) is 2. The lowest BCUT2D eigenvalue weighted by molar-refractivity contribution is -0.870. The number of nitrogens with one attached hydrogen (secondary N) is 1. The van der Waals surface area contributed by atoms with E-state index in [0.29, 0.717) is 47.2 Å². The molecule has 0 aromatic heterocycles. The molecule has 47 heavy (non-hydrogen) atoms. The van der Waals surface area contributed by atoms with E-state index >= 15 is 0 Å². The van der Waals surface area contributed by atoms with Crippen LogP contribution >= 0.6 is 7.82 Å². The lowest BCUT2D eigenvalue weighted by Crippen LogP contribution is -2.51. The molecule has 0 saturated heterocycles. The summed E-state index contributed by atoms with van der Waals surface area (Å²) in [6, 6.07) is 0. The highest BCUT2D eigenvalue weighted by Crippen LogP contribution is 2.67. The molecule has 0 spiro atoms. The van der Waals surface area contributed by atoms with E-state index in [1.54, 1.807) is 0 Å². The second kappa shape index (κ2) is 15.8. The summed E-state index contributed by atoms with van der Waals surface area (Å²) in [6.45, 7) is 15.7. The van der Waals surface area contributed by atoms with Crippen LogP contribution in [0.1, 0.15) is 106 Å². The van der Waals surface area contributed by atoms with Crippen molar-refractivity contribution in [2.24, 2.45) is 52.3 Å². The fourth-order valence-corrected chi connectivity index (χ4v) is 10.8. The molecule has 0 radical (unpaired) electrons. The minimum absolute atomic E-state index is 0.0174. The van der Waals surface area contributed by atoms with Gasteiger partial charge in [0.15, 0.2) is 0 Å². The van der Waals surface area contributed by atoms with E-state index in [1.807, 2.05) is 21.1 Å². The van der Waals surface area contributed by atoms with Crippen LogP contribution in [-0.2, 0) is 18.3 Å². The van der Waals surface area contributed by atoms with Crippen LogP contribution in [0.5, 0.6) is 0 Å². The van der Waals surface area contributed by atoms with Crippen LogP contribution in [-0.4, -0.2) is 69.0 Å². The molecule has 4 unspecified atom stereocenters. The van der Waals surface area contributed by atoms with Crippen molar-refractivity contribution in [3.8, 4) is 0 Å². The number of rotatable bonds is 15. The quantitative estimate of drug-likeness (QED) is 0.0778. The molecule has 0 aliphatic heterocycles. The van der Waals surface area contributed by atoms with Gasteiger partial charge >= 0.3 is 13.9 Å². The van der Waals surface area contributed by atoms with Crippen molar-refractivity contribution in [3.05, 3.63) is 23.8 Å². The largest absolute Gasteiger partial charge is 0.472 e. The molecule has 1 amide bonds. The summed E-state index contributed by atoms with van der Waals surface area (Å²) in [5.41, 5.74) is 2.15. The third-order valence-corrected chi connectivity index (χ3v) is 13.9. The average molecular weight is 680 g/mol. The van der Waals surface area contributed by atoms with E-state index in [-0.39, 0.29) is 24.7 Å². The Morgan fingerprint density at radius 1 is 1.06 bits per heavy atom. The molecule has 8 nitrogen and oxygen atoms in total. The monoisotopic (exact) mass is 679 g/mol. The molecule has 4 rings (SSSR count). The number of nitrogens with zero attached hydrogens (tertiary/aromatic N) is 1. The first kappa shape index (κ1) is 38.6. The average Bonchev–Trinajstić information content (AvgIpc) is 3.33. The SMILES string of the molecule is CC[C@H](C=C[C@@H](C)[C@H]1CCC2C3CC=C4C[C@@H](OC(=O)NCCCOP(=O)(O)OCC[N+](C)(C)C)CC[C@]4(C)C3CC[C@@]21C)C(C)C. The van der Waals surface area contributed by atoms with Gasteiger partial charge in [-0.1, -0.05) is 65.3 Å². The minimum atomic E-state index is -4.09. The van der Waals surface area contributed by atoms with E-state index in [4.69, 9.17) is 13.8 Å². The minimum Gasteiger partial charge on any atom is -0.446 e. The van der Waals surface area contributed by atoms with Crippen LogP contribution in [0.2, 0.25) is 0 Å². The summed E-state index contributed by atoms with van der Waals surface area (Å²) in [7, 11) is 1.85. The van der Waals surface area contributed by atoms with Crippen LogP contribution in [0, 0.1) is 52.3 Å². The third-order valence-electron chi connectivity index (χ3n) is 12.9. The second-order valence-corrected chi connectivity index (χ2v) is 18.7. The third kappa shape index (κ3) is 9.54. The van der Waals surface area contributed by atoms with E-state index in [9.17, 15) is 14.3 Å². The molecular weight excluding hydrogens is 611 g/mol. The number of hydrogen-bond acceptors (Lipinski definition) is 5. The van der Waals surface area contributed by atoms with E-state index in [1.165, 1.54) is 44.1 Å². The molecule has 4 aliphatic rings. The predicted octanol–water partition coefficient (Wildman–Crippen LogP) is 8.76. The zero-order valence-electron chi connectivity index (χ0n) is 31.1. The van der Waals surface area contributed by atoms with Crippen LogP contribution in [0.3, 0.4) is 0 Å². The maximum Gasteiger partial charge on any atom is 0.472 e. The van der Waals surface area contributed by atoms with Crippen molar-refractivity contribution >= 4 is 13.9 Å². The second-order valence-electron chi connectivity index (χ2n) is 17.2. The van der Waals surface area contributed by atoms with Crippen molar-refractivity contribution in [2.45, 2.75) is 112 Å². The van der Waals surface area contributed by atoms with Gasteiger partial charge < -0.3 is 19.4 Å². The predicted molar refractivity (Wildman–Crippen MR) is 190 cm³/mol. The van der Waals surface area contributed by atoms with Gasteiger partial charge in [-0.05, 0) is 110 Å². The number of carbonyl (C=O) groups excluding carboxylic acids is 1. The highest BCUT2D eigenvalue weighted by Gasteiger charge is 2.59. The zero-order valence-corrected chi connectivity index (χ0v) is 32.0. The Morgan fingerprint density at radius 2 is 1.79 bits per heavy atom. The summed E-state index contributed by atoms with van der Waals surface area (Å²) < 4.78 is 28.6. The Hall–Kier alpha value is -1.18. The van der Waals surface area contributed by atoms with E-state index < -0.39 is 13.9 Å². The molecule has 9 heteroatoms. The fraction of sp³-hybridized carbons (Fsp3) is 0.868. The smallest absolute Gasteiger partial charge is 0.446 e. The molecule has 2 N–H and O–H groups in total. The maximum atomic E-state index is 12.6. The van der Waals surface area contributed by atoms with Crippen LogP contribution in [0.4, 0.5) is 4.79 Å². The molecule has 0 heterocycles. The number of quaternary nitrogens is 1. The van der Waals surface area contributed by atoms with Crippen molar-refractivity contribution in [1.29, 1.82) is 0 Å². The molecular formula is C38H68N2O6P+. The first-order valence-electron chi connectivity index (χ1n) is 18.7. The van der Waals surface area contributed by atoms with Crippen LogP contribution < -0.4 is 5.32 Å².